The van der Waals surface area contributed by atoms with Crippen LogP contribution in [-0.4, -0.2) is 43.2 Å². The molecule has 166 valence electrons. The first-order valence-corrected chi connectivity index (χ1v) is 10.6. The molecule has 0 saturated carbocycles. The van der Waals surface area contributed by atoms with Gasteiger partial charge in [-0.05, 0) is 56.2 Å². The van der Waals surface area contributed by atoms with E-state index in [-0.39, 0.29) is 5.91 Å². The number of carbonyl (C=O) groups excluding carboxylic acids is 1. The highest BCUT2D eigenvalue weighted by molar-refractivity contribution is 6.04. The summed E-state index contributed by atoms with van der Waals surface area (Å²) in [5, 5.41) is 6.22. The van der Waals surface area contributed by atoms with Crippen LogP contribution in [0.1, 0.15) is 28.9 Å². The van der Waals surface area contributed by atoms with E-state index in [4.69, 9.17) is 9.47 Å². The molecule has 1 saturated heterocycles. The molecule has 1 aliphatic rings. The first-order chi connectivity index (χ1) is 15.5. The minimum atomic E-state index is -0.246. The molecule has 8 nitrogen and oxygen atoms in total. The van der Waals surface area contributed by atoms with Crippen molar-refractivity contribution in [3.05, 3.63) is 59.8 Å². The zero-order valence-corrected chi connectivity index (χ0v) is 18.5. The number of nitrogens with one attached hydrogen (secondary N) is 2. The first-order valence-electron chi connectivity index (χ1n) is 10.6. The third kappa shape index (κ3) is 5.08. The Morgan fingerprint density at radius 1 is 0.906 bits per heavy atom. The monoisotopic (exact) mass is 433 g/mol. The van der Waals surface area contributed by atoms with Crippen molar-refractivity contribution < 1.29 is 14.3 Å². The summed E-state index contributed by atoms with van der Waals surface area (Å²) in [6.07, 6.45) is 2.35. The maximum absolute atomic E-state index is 12.7. The lowest BCUT2D eigenvalue weighted by Crippen LogP contribution is -2.21. The highest BCUT2D eigenvalue weighted by Crippen LogP contribution is 2.25. The van der Waals surface area contributed by atoms with Crippen LogP contribution < -0.4 is 25.0 Å². The van der Waals surface area contributed by atoms with Gasteiger partial charge in [-0.2, -0.15) is 4.98 Å². The van der Waals surface area contributed by atoms with Gasteiger partial charge in [0.05, 0.1) is 14.2 Å². The maximum atomic E-state index is 12.7. The van der Waals surface area contributed by atoms with Gasteiger partial charge in [0.1, 0.15) is 17.3 Å². The molecule has 1 fully saturated rings. The molecule has 4 rings (SSSR count). The molecule has 0 atom stereocenters. The number of hydrogen-bond acceptors (Lipinski definition) is 7. The molecule has 0 radical (unpaired) electrons. The van der Waals surface area contributed by atoms with E-state index in [2.05, 4.69) is 25.5 Å². The fourth-order valence-electron chi connectivity index (χ4n) is 3.60. The third-order valence-electron chi connectivity index (χ3n) is 5.26. The van der Waals surface area contributed by atoms with Gasteiger partial charge in [-0.3, -0.25) is 4.79 Å². The minimum Gasteiger partial charge on any atom is -0.497 e. The Balaban J connectivity index is 1.44. The van der Waals surface area contributed by atoms with Crippen LogP contribution in [0, 0.1) is 6.92 Å². The Labute approximate surface area is 187 Å². The molecule has 1 aliphatic heterocycles. The predicted molar refractivity (Wildman–Crippen MR) is 125 cm³/mol. The number of rotatable bonds is 7. The molecule has 8 heteroatoms. The molecule has 32 heavy (non-hydrogen) atoms. The van der Waals surface area contributed by atoms with Crippen LogP contribution in [0.3, 0.4) is 0 Å². The Kier molecular flexibility index (Phi) is 6.39. The summed E-state index contributed by atoms with van der Waals surface area (Å²) in [5.41, 5.74) is 2.92. The van der Waals surface area contributed by atoms with Gasteiger partial charge in [-0.25, -0.2) is 4.98 Å². The Hall–Kier alpha value is -3.81. The van der Waals surface area contributed by atoms with Crippen molar-refractivity contribution in [2.75, 3.05) is 42.8 Å². The topological polar surface area (TPSA) is 88.6 Å². The third-order valence-corrected chi connectivity index (χ3v) is 5.26. The van der Waals surface area contributed by atoms with E-state index in [9.17, 15) is 4.79 Å². The summed E-state index contributed by atoms with van der Waals surface area (Å²) in [4.78, 5) is 24.1. The van der Waals surface area contributed by atoms with Gasteiger partial charge >= 0.3 is 0 Å². The van der Waals surface area contributed by atoms with Crippen molar-refractivity contribution in [1.82, 2.24) is 9.97 Å². The lowest BCUT2D eigenvalue weighted by molar-refractivity contribution is 0.102. The average Bonchev–Trinajstić information content (AvgIpc) is 3.35. The molecule has 1 aromatic heterocycles. The Bertz CT molecular complexity index is 1070. The lowest BCUT2D eigenvalue weighted by Gasteiger charge is -2.17. The van der Waals surface area contributed by atoms with Crippen molar-refractivity contribution in [3.8, 4) is 11.5 Å². The van der Waals surface area contributed by atoms with Crippen LogP contribution in [0.2, 0.25) is 0 Å². The quantitative estimate of drug-likeness (QED) is 0.571. The number of methoxy groups -OCH3 is 2. The van der Waals surface area contributed by atoms with Crippen molar-refractivity contribution in [3.63, 3.8) is 0 Å². The molecular formula is C24H27N5O3. The predicted octanol–water partition coefficient (Wildman–Crippen LogP) is 4.40. The zero-order valence-electron chi connectivity index (χ0n) is 18.5. The molecule has 0 unspecified atom stereocenters. The molecule has 3 aromatic rings. The van der Waals surface area contributed by atoms with Gasteiger partial charge in [0.2, 0.25) is 5.95 Å². The van der Waals surface area contributed by atoms with Gasteiger partial charge < -0.3 is 25.0 Å². The molecular weight excluding hydrogens is 406 g/mol. The fourth-order valence-corrected chi connectivity index (χ4v) is 3.60. The second kappa shape index (κ2) is 9.55. The fraction of sp³-hybridized carbons (Fsp3) is 0.292. The van der Waals surface area contributed by atoms with Crippen LogP contribution in [-0.2, 0) is 0 Å². The summed E-state index contributed by atoms with van der Waals surface area (Å²) in [6.45, 7) is 3.96. The number of ether oxygens (including phenoxy) is 2. The van der Waals surface area contributed by atoms with Gasteiger partial charge in [0, 0.05) is 47.9 Å². The largest absolute Gasteiger partial charge is 0.497 e. The van der Waals surface area contributed by atoms with Gasteiger partial charge in [-0.15, -0.1) is 0 Å². The van der Waals surface area contributed by atoms with Crippen molar-refractivity contribution >= 4 is 29.0 Å². The van der Waals surface area contributed by atoms with Crippen molar-refractivity contribution in [2.24, 2.45) is 0 Å². The molecule has 2 N–H and O–H groups in total. The van der Waals surface area contributed by atoms with E-state index in [1.54, 1.807) is 32.4 Å². The summed E-state index contributed by atoms with van der Waals surface area (Å²) >= 11 is 0. The zero-order chi connectivity index (χ0) is 22.5. The molecule has 0 spiro atoms. The number of benzene rings is 2. The van der Waals surface area contributed by atoms with Gasteiger partial charge in [-0.1, -0.05) is 0 Å². The number of aromatic nitrogens is 2. The van der Waals surface area contributed by atoms with Crippen LogP contribution in [0.25, 0.3) is 0 Å². The van der Waals surface area contributed by atoms with Gasteiger partial charge in [0.25, 0.3) is 5.91 Å². The average molecular weight is 434 g/mol. The van der Waals surface area contributed by atoms with Crippen molar-refractivity contribution in [1.29, 1.82) is 0 Å². The van der Waals surface area contributed by atoms with Crippen LogP contribution in [0.4, 0.5) is 23.1 Å². The lowest BCUT2D eigenvalue weighted by atomic mass is 10.1. The molecule has 1 amide bonds. The number of anilines is 4. The van der Waals surface area contributed by atoms with Crippen LogP contribution in [0.5, 0.6) is 11.5 Å². The number of nitrogens with zero attached hydrogens (tertiary/aromatic N) is 3. The molecule has 0 aliphatic carbocycles. The van der Waals surface area contributed by atoms with Crippen LogP contribution in [0.15, 0.2) is 48.5 Å². The summed E-state index contributed by atoms with van der Waals surface area (Å²) < 4.78 is 10.5. The maximum Gasteiger partial charge on any atom is 0.255 e. The summed E-state index contributed by atoms with van der Waals surface area (Å²) in [6, 6.07) is 14.5. The molecule has 0 bridgehead atoms. The number of aryl methyl sites for hydroxylation is 1. The van der Waals surface area contributed by atoms with Crippen LogP contribution >= 0.6 is 0 Å². The standard InChI is InChI=1S/C24H27N5O3/c1-16-12-22(28-24(25-16)29-10-4-5-11-29)26-18-6-8-19(9-7-18)27-23(30)17-13-20(31-2)15-21(14-17)32-3/h6-9,12-15H,4-5,10-11H2,1-3H3,(H,27,30)(H,25,26,28). The van der Waals surface area contributed by atoms with E-state index in [0.717, 1.165) is 36.2 Å². The van der Waals surface area contributed by atoms with Crippen molar-refractivity contribution in [2.45, 2.75) is 19.8 Å². The normalized spacial score (nSPS) is 13.0. The van der Waals surface area contributed by atoms with E-state index < -0.39 is 0 Å². The summed E-state index contributed by atoms with van der Waals surface area (Å²) in [7, 11) is 3.10. The second-order valence-corrected chi connectivity index (χ2v) is 7.65. The van der Waals surface area contributed by atoms with E-state index in [1.807, 2.05) is 37.3 Å². The number of amides is 1. The smallest absolute Gasteiger partial charge is 0.255 e. The second-order valence-electron chi connectivity index (χ2n) is 7.65. The number of hydrogen-bond donors (Lipinski definition) is 2. The SMILES string of the molecule is COc1cc(OC)cc(C(=O)Nc2ccc(Nc3cc(C)nc(N4CCCC4)n3)cc2)c1. The van der Waals surface area contributed by atoms with E-state index in [0.29, 0.717) is 22.7 Å². The highest BCUT2D eigenvalue weighted by atomic mass is 16.5. The van der Waals surface area contributed by atoms with E-state index in [1.165, 1.54) is 12.8 Å². The first kappa shape index (κ1) is 21.4. The van der Waals surface area contributed by atoms with E-state index >= 15 is 0 Å². The summed E-state index contributed by atoms with van der Waals surface area (Å²) in [5.74, 6) is 2.39. The Morgan fingerprint density at radius 3 is 2.16 bits per heavy atom. The molecule has 2 aromatic carbocycles. The van der Waals surface area contributed by atoms with Gasteiger partial charge in [0.15, 0.2) is 0 Å². The number of carbonyl (C=O) groups is 1. The Morgan fingerprint density at radius 2 is 1.53 bits per heavy atom. The highest BCUT2D eigenvalue weighted by Gasteiger charge is 2.16. The minimum absolute atomic E-state index is 0.246. The molecule has 2 heterocycles.